The molecule has 1 N–H and O–H groups in total. The van der Waals surface area contributed by atoms with E-state index in [0.29, 0.717) is 17.5 Å². The molecule has 2 heterocycles. The van der Waals surface area contributed by atoms with Crippen molar-refractivity contribution in [3.63, 3.8) is 0 Å². The van der Waals surface area contributed by atoms with Gasteiger partial charge in [0.15, 0.2) is 5.78 Å². The van der Waals surface area contributed by atoms with Crippen LogP contribution in [0.3, 0.4) is 0 Å². The minimum absolute atomic E-state index is 0.121. The minimum Gasteiger partial charge on any atom is -0.497 e. The van der Waals surface area contributed by atoms with E-state index in [9.17, 15) is 9.59 Å². The van der Waals surface area contributed by atoms with Crippen LogP contribution in [0.25, 0.3) is 0 Å². The van der Waals surface area contributed by atoms with Crippen molar-refractivity contribution < 1.29 is 19.1 Å². The molecule has 9 heteroatoms. The highest BCUT2D eigenvalue weighted by Gasteiger charge is 2.38. The average molecular weight is 414 g/mol. The number of hydrogen-bond donors (Lipinski definition) is 1. The van der Waals surface area contributed by atoms with Gasteiger partial charge in [0.1, 0.15) is 11.8 Å². The first-order valence-electron chi connectivity index (χ1n) is 9.33. The molecule has 1 aromatic carbocycles. The largest absolute Gasteiger partial charge is 0.497 e. The Morgan fingerprint density at radius 3 is 2.72 bits per heavy atom. The van der Waals surface area contributed by atoms with E-state index in [1.165, 1.54) is 18.9 Å². The van der Waals surface area contributed by atoms with Crippen LogP contribution in [0.5, 0.6) is 5.75 Å². The van der Waals surface area contributed by atoms with E-state index in [2.05, 4.69) is 27.1 Å². The van der Waals surface area contributed by atoms with Crippen molar-refractivity contribution in [3.05, 3.63) is 41.1 Å². The van der Waals surface area contributed by atoms with E-state index in [0.717, 1.165) is 29.0 Å². The molecular formula is C20H22N4O4S. The molecule has 0 fully saturated rings. The first-order chi connectivity index (χ1) is 14.0. The van der Waals surface area contributed by atoms with E-state index in [4.69, 9.17) is 4.74 Å². The molecule has 0 radical (unpaired) electrons. The Morgan fingerprint density at radius 2 is 2.03 bits per heavy atom. The van der Waals surface area contributed by atoms with Crippen LogP contribution in [0.15, 0.2) is 40.7 Å². The van der Waals surface area contributed by atoms with Gasteiger partial charge in [-0.05, 0) is 30.0 Å². The number of Topliss-reactive ketones (excluding diaryl/α,β-unsaturated/α-hetero) is 1. The molecule has 2 atom stereocenters. The van der Waals surface area contributed by atoms with Gasteiger partial charge < -0.3 is 14.8 Å². The SMILES string of the molecule is COC(=O)CSc1nc2n(n1)[C@H](c1ccc(OC)cc1)C1=C(C[C@H](C)CC1=O)N2. The number of carbonyl (C=O) groups excluding carboxylic acids is 2. The lowest BCUT2D eigenvalue weighted by atomic mass is 9.81. The van der Waals surface area contributed by atoms with Crippen molar-refractivity contribution in [3.8, 4) is 5.75 Å². The van der Waals surface area contributed by atoms with E-state index < -0.39 is 0 Å². The lowest BCUT2D eigenvalue weighted by molar-refractivity contribution is -0.137. The van der Waals surface area contributed by atoms with Crippen molar-refractivity contribution in [2.24, 2.45) is 5.92 Å². The van der Waals surface area contributed by atoms with Crippen molar-refractivity contribution in [1.29, 1.82) is 0 Å². The van der Waals surface area contributed by atoms with Crippen LogP contribution in [-0.2, 0) is 14.3 Å². The summed E-state index contributed by atoms with van der Waals surface area (Å²) in [4.78, 5) is 29.0. The fourth-order valence-corrected chi connectivity index (χ4v) is 4.39. The quantitative estimate of drug-likeness (QED) is 0.589. The van der Waals surface area contributed by atoms with Crippen LogP contribution >= 0.6 is 11.8 Å². The minimum atomic E-state index is -0.368. The summed E-state index contributed by atoms with van der Waals surface area (Å²) >= 11 is 1.20. The zero-order valence-corrected chi connectivity index (χ0v) is 17.3. The molecule has 2 aliphatic rings. The number of esters is 1. The van der Waals surface area contributed by atoms with E-state index in [1.807, 2.05) is 24.3 Å². The molecule has 1 aliphatic heterocycles. The standard InChI is InChI=1S/C20H22N4O4S/c1-11-8-14-17(15(25)9-11)18(12-4-6-13(27-2)7-5-12)24-19(21-14)22-20(23-24)29-10-16(26)28-3/h4-7,11,18H,8-10H2,1-3H3,(H,21,22,23)/t11-,18+/m0/s1. The predicted molar refractivity (Wildman–Crippen MR) is 108 cm³/mol. The van der Waals surface area contributed by atoms with Gasteiger partial charge in [-0.1, -0.05) is 30.8 Å². The van der Waals surface area contributed by atoms with Crippen LogP contribution in [0.1, 0.15) is 31.4 Å². The summed E-state index contributed by atoms with van der Waals surface area (Å²) in [7, 11) is 2.97. The van der Waals surface area contributed by atoms with Crippen LogP contribution in [-0.4, -0.2) is 46.5 Å². The fraction of sp³-hybridized carbons (Fsp3) is 0.400. The van der Waals surface area contributed by atoms with Crippen LogP contribution in [0.4, 0.5) is 5.95 Å². The third-order valence-electron chi connectivity index (χ3n) is 5.08. The normalized spacial score (nSPS) is 20.6. The molecule has 1 aliphatic carbocycles. The van der Waals surface area contributed by atoms with Gasteiger partial charge >= 0.3 is 5.97 Å². The third kappa shape index (κ3) is 3.74. The highest BCUT2D eigenvalue weighted by molar-refractivity contribution is 7.99. The van der Waals surface area contributed by atoms with Crippen molar-refractivity contribution >= 4 is 29.5 Å². The molecule has 0 saturated heterocycles. The molecule has 29 heavy (non-hydrogen) atoms. The van der Waals surface area contributed by atoms with Crippen molar-refractivity contribution in [2.45, 2.75) is 31.0 Å². The lowest BCUT2D eigenvalue weighted by Gasteiger charge is -2.34. The van der Waals surface area contributed by atoms with Gasteiger partial charge in [-0.3, -0.25) is 9.59 Å². The summed E-state index contributed by atoms with van der Waals surface area (Å²) in [5.74, 6) is 1.48. The number of rotatable bonds is 5. The molecular weight excluding hydrogens is 392 g/mol. The molecule has 2 aromatic rings. The highest BCUT2D eigenvalue weighted by Crippen LogP contribution is 2.42. The van der Waals surface area contributed by atoms with Gasteiger partial charge in [0.05, 0.1) is 20.0 Å². The second kappa shape index (κ2) is 7.90. The number of allylic oxidation sites excluding steroid dienone is 2. The Bertz CT molecular complexity index is 983. The van der Waals surface area contributed by atoms with E-state index in [1.54, 1.807) is 11.8 Å². The Morgan fingerprint density at radius 1 is 1.28 bits per heavy atom. The first kappa shape index (κ1) is 19.5. The summed E-state index contributed by atoms with van der Waals surface area (Å²) in [6.07, 6.45) is 1.30. The molecule has 0 spiro atoms. The average Bonchev–Trinajstić information content (AvgIpc) is 3.12. The molecule has 152 valence electrons. The number of carbonyl (C=O) groups is 2. The molecule has 0 bridgehead atoms. The van der Waals surface area contributed by atoms with E-state index >= 15 is 0 Å². The van der Waals surface area contributed by atoms with Crippen molar-refractivity contribution in [2.75, 3.05) is 25.3 Å². The van der Waals surface area contributed by atoms with Gasteiger partial charge in [0, 0.05) is 17.7 Å². The number of ether oxygens (including phenoxy) is 2. The third-order valence-corrected chi connectivity index (χ3v) is 5.89. The monoisotopic (exact) mass is 414 g/mol. The topological polar surface area (TPSA) is 95.3 Å². The maximum atomic E-state index is 13.0. The van der Waals surface area contributed by atoms with Gasteiger partial charge in [-0.25, -0.2) is 4.68 Å². The second-order valence-electron chi connectivity index (χ2n) is 7.16. The number of anilines is 1. The number of ketones is 1. The molecule has 1 aromatic heterocycles. The van der Waals surface area contributed by atoms with Crippen LogP contribution in [0, 0.1) is 5.92 Å². The smallest absolute Gasteiger partial charge is 0.316 e. The summed E-state index contributed by atoms with van der Waals surface area (Å²) in [6.45, 7) is 2.07. The lowest BCUT2D eigenvalue weighted by Crippen LogP contribution is -2.33. The predicted octanol–water partition coefficient (Wildman–Crippen LogP) is 2.82. The second-order valence-corrected chi connectivity index (χ2v) is 8.10. The number of benzene rings is 1. The van der Waals surface area contributed by atoms with Crippen LogP contribution in [0.2, 0.25) is 0 Å². The number of nitrogens with one attached hydrogen (secondary N) is 1. The van der Waals surface area contributed by atoms with Gasteiger partial charge in [-0.2, -0.15) is 4.98 Å². The number of hydrogen-bond acceptors (Lipinski definition) is 8. The van der Waals surface area contributed by atoms with E-state index in [-0.39, 0.29) is 29.5 Å². The number of nitrogens with zero attached hydrogens (tertiary/aromatic N) is 3. The number of aromatic nitrogens is 3. The molecule has 0 unspecified atom stereocenters. The molecule has 0 saturated carbocycles. The number of methoxy groups -OCH3 is 2. The Labute approximate surface area is 172 Å². The Kier molecular flexibility index (Phi) is 5.31. The Hall–Kier alpha value is -2.81. The summed E-state index contributed by atoms with van der Waals surface area (Å²) < 4.78 is 11.7. The maximum Gasteiger partial charge on any atom is 0.316 e. The summed E-state index contributed by atoms with van der Waals surface area (Å²) in [5.41, 5.74) is 2.56. The van der Waals surface area contributed by atoms with Gasteiger partial charge in [0.25, 0.3) is 0 Å². The summed E-state index contributed by atoms with van der Waals surface area (Å²) in [6, 6.07) is 7.26. The maximum absolute atomic E-state index is 13.0. The number of thioether (sulfide) groups is 1. The van der Waals surface area contributed by atoms with Crippen molar-refractivity contribution in [1.82, 2.24) is 14.8 Å². The first-order valence-corrected chi connectivity index (χ1v) is 10.3. The van der Waals surface area contributed by atoms with Gasteiger partial charge in [-0.15, -0.1) is 5.10 Å². The number of fused-ring (bicyclic) bond motifs is 1. The fourth-order valence-electron chi connectivity index (χ4n) is 3.73. The molecule has 0 amide bonds. The van der Waals surface area contributed by atoms with Crippen LogP contribution < -0.4 is 10.1 Å². The highest BCUT2D eigenvalue weighted by atomic mass is 32.2. The zero-order valence-electron chi connectivity index (χ0n) is 16.5. The molecule has 4 rings (SSSR count). The summed E-state index contributed by atoms with van der Waals surface area (Å²) in [5, 5.41) is 8.34. The van der Waals surface area contributed by atoms with Gasteiger partial charge in [0.2, 0.25) is 11.1 Å². The zero-order chi connectivity index (χ0) is 20.5. The molecule has 8 nitrogen and oxygen atoms in total. The Balaban J connectivity index is 1.75.